The normalized spacial score (nSPS) is 22.3. The molecule has 4 atom stereocenters. The highest BCUT2D eigenvalue weighted by Crippen LogP contribution is 2.35. The fraction of sp³-hybridized carbons (Fsp3) is 0.370. The number of carbonyl (C=O) groups excluding carboxylic acids is 2. The van der Waals surface area contributed by atoms with Crippen molar-refractivity contribution >= 4 is 34.4 Å². The molecule has 3 heterocycles. The second-order valence-electron chi connectivity index (χ2n) is 8.98. The Bertz CT molecular complexity index is 1410. The lowest BCUT2D eigenvalue weighted by Gasteiger charge is -2.21. The van der Waals surface area contributed by atoms with Crippen molar-refractivity contribution in [2.24, 2.45) is 0 Å². The molecule has 2 fully saturated rings. The summed E-state index contributed by atoms with van der Waals surface area (Å²) >= 11 is 5.54. The topological polar surface area (TPSA) is 113 Å². The number of ether oxygens (including phenoxy) is 5. The molecule has 200 valence electrons. The van der Waals surface area contributed by atoms with Gasteiger partial charge in [0.2, 0.25) is 0 Å². The number of fused-ring (bicyclic) bond motifs is 2. The smallest absolute Gasteiger partial charge is 0.347 e. The second-order valence-corrected chi connectivity index (χ2v) is 9.24. The van der Waals surface area contributed by atoms with E-state index in [1.807, 2.05) is 6.07 Å². The van der Waals surface area contributed by atoms with Crippen molar-refractivity contribution in [1.82, 2.24) is 4.98 Å². The van der Waals surface area contributed by atoms with E-state index in [4.69, 9.17) is 35.3 Å². The van der Waals surface area contributed by atoms with Crippen molar-refractivity contribution in [1.29, 1.82) is 0 Å². The minimum Gasteiger partial charge on any atom is -0.483 e. The van der Waals surface area contributed by atoms with Crippen LogP contribution in [-0.2, 0) is 30.2 Å². The molecular formula is C27H25ClFNO8. The highest BCUT2D eigenvalue weighted by atomic mass is 35.5. The van der Waals surface area contributed by atoms with Crippen molar-refractivity contribution in [2.75, 3.05) is 25.7 Å². The Morgan fingerprint density at radius 2 is 1.74 bits per heavy atom. The van der Waals surface area contributed by atoms with Gasteiger partial charge in [-0.2, -0.15) is 0 Å². The lowest BCUT2D eigenvalue weighted by atomic mass is 10.0. The van der Waals surface area contributed by atoms with E-state index < -0.39 is 41.9 Å². The molecule has 3 aromatic rings. The van der Waals surface area contributed by atoms with Crippen molar-refractivity contribution in [3.05, 3.63) is 75.3 Å². The largest absolute Gasteiger partial charge is 0.483 e. The summed E-state index contributed by atoms with van der Waals surface area (Å²) in [7, 11) is 0. The summed E-state index contributed by atoms with van der Waals surface area (Å²) in [6, 6.07) is 11.5. The predicted molar refractivity (Wildman–Crippen MR) is 134 cm³/mol. The Balaban J connectivity index is 1.47. The molecule has 0 bridgehead atoms. The minimum absolute atomic E-state index is 0.0505. The molecule has 0 radical (unpaired) electrons. The average Bonchev–Trinajstić information content (AvgIpc) is 3.48. The van der Waals surface area contributed by atoms with Crippen LogP contribution in [-0.4, -0.2) is 67.0 Å². The molecule has 0 saturated carbocycles. The first kappa shape index (κ1) is 26.1. The molecular weight excluding hydrogens is 521 g/mol. The van der Waals surface area contributed by atoms with E-state index in [1.165, 1.54) is 12.1 Å². The minimum atomic E-state index is -0.822. The molecule has 2 aromatic carbocycles. The number of esters is 2. The van der Waals surface area contributed by atoms with Gasteiger partial charge in [0, 0.05) is 5.39 Å². The van der Waals surface area contributed by atoms with Gasteiger partial charge in [-0.3, -0.25) is 9.59 Å². The second kappa shape index (κ2) is 11.1. The van der Waals surface area contributed by atoms with E-state index in [-0.39, 0.29) is 42.8 Å². The Labute approximate surface area is 221 Å². The Morgan fingerprint density at radius 3 is 2.45 bits per heavy atom. The number of alkyl halides is 1. The van der Waals surface area contributed by atoms with Crippen LogP contribution < -0.4 is 10.3 Å². The van der Waals surface area contributed by atoms with Crippen LogP contribution in [0, 0.1) is 5.82 Å². The van der Waals surface area contributed by atoms with Gasteiger partial charge in [0.05, 0.1) is 25.3 Å². The van der Waals surface area contributed by atoms with Gasteiger partial charge in [0.25, 0.3) is 5.56 Å². The van der Waals surface area contributed by atoms with Crippen LogP contribution >= 0.6 is 11.6 Å². The molecule has 0 amide bonds. The number of carbonyl (C=O) groups is 2. The van der Waals surface area contributed by atoms with Crippen LogP contribution in [0.4, 0.5) is 4.39 Å². The summed E-state index contributed by atoms with van der Waals surface area (Å²) in [5, 5.41) is 0.488. The molecule has 11 heteroatoms. The maximum Gasteiger partial charge on any atom is 0.347 e. The van der Waals surface area contributed by atoms with Gasteiger partial charge in [-0.1, -0.05) is 18.2 Å². The number of hydrogen-bond donors (Lipinski definition) is 1. The number of aromatic amines is 1. The Kier molecular flexibility index (Phi) is 7.64. The predicted octanol–water partition coefficient (Wildman–Crippen LogP) is 3.13. The summed E-state index contributed by atoms with van der Waals surface area (Å²) in [5.41, 5.74) is 1.28. The van der Waals surface area contributed by atoms with Gasteiger partial charge in [0.15, 0.2) is 17.8 Å². The van der Waals surface area contributed by atoms with E-state index in [1.54, 1.807) is 31.2 Å². The number of rotatable bonds is 8. The summed E-state index contributed by atoms with van der Waals surface area (Å²) < 4.78 is 41.6. The molecule has 2 aliphatic heterocycles. The van der Waals surface area contributed by atoms with Crippen LogP contribution in [0.3, 0.4) is 0 Å². The standard InChI is InChI=1S/C27H25ClFNO8/c1-2-34-27(33)22-23(38-20-13-36-24-19(12-35-25(20)24)37-21(31)11-28)17-8-5-15(10-18(17)30-26(22)32)9-14-3-6-16(29)7-4-14/h3-8,10,19-20,24-25H,2,9,11-13H2,1H3,(H,30,32)/t19-,20-,24+,25+/m0/s1. The van der Waals surface area contributed by atoms with Gasteiger partial charge in [-0.05, 0) is 48.7 Å². The third kappa shape index (κ3) is 5.24. The molecule has 9 nitrogen and oxygen atoms in total. The summed E-state index contributed by atoms with van der Waals surface area (Å²) in [5.74, 6) is -1.97. The maximum absolute atomic E-state index is 13.3. The Hall–Kier alpha value is -3.47. The molecule has 5 rings (SSSR count). The SMILES string of the molecule is CCOC(=O)c1c(O[C@H]2CO[C@H]3[C@@H]2OC[C@@H]3OC(=O)CCl)c2ccc(Cc3ccc(F)cc3)cc2[nH]c1=O. The van der Waals surface area contributed by atoms with Crippen molar-refractivity contribution < 1.29 is 37.7 Å². The number of aromatic nitrogens is 1. The monoisotopic (exact) mass is 545 g/mol. The van der Waals surface area contributed by atoms with Crippen LogP contribution in [0.1, 0.15) is 28.4 Å². The first-order valence-electron chi connectivity index (χ1n) is 12.1. The van der Waals surface area contributed by atoms with E-state index in [0.717, 1.165) is 11.1 Å². The number of benzene rings is 2. The molecule has 0 spiro atoms. The third-order valence-electron chi connectivity index (χ3n) is 6.46. The van der Waals surface area contributed by atoms with Crippen molar-refractivity contribution in [2.45, 2.75) is 37.8 Å². The lowest BCUT2D eigenvalue weighted by molar-refractivity contribution is -0.150. The zero-order valence-electron chi connectivity index (χ0n) is 20.4. The molecule has 38 heavy (non-hydrogen) atoms. The number of pyridine rings is 1. The number of hydrogen-bond acceptors (Lipinski definition) is 8. The van der Waals surface area contributed by atoms with Crippen LogP contribution in [0.2, 0.25) is 0 Å². The van der Waals surface area contributed by atoms with Gasteiger partial charge in [-0.25, -0.2) is 9.18 Å². The summed E-state index contributed by atoms with van der Waals surface area (Å²) in [4.78, 5) is 40.3. The fourth-order valence-corrected chi connectivity index (χ4v) is 4.82. The van der Waals surface area contributed by atoms with Crippen LogP contribution in [0.15, 0.2) is 47.3 Å². The van der Waals surface area contributed by atoms with E-state index >= 15 is 0 Å². The number of nitrogens with one attached hydrogen (secondary N) is 1. The highest BCUT2D eigenvalue weighted by Gasteiger charge is 2.51. The molecule has 1 aromatic heterocycles. The van der Waals surface area contributed by atoms with Crippen molar-refractivity contribution in [3.63, 3.8) is 0 Å². The van der Waals surface area contributed by atoms with Crippen LogP contribution in [0.25, 0.3) is 10.9 Å². The number of halogens is 2. The maximum atomic E-state index is 13.3. The summed E-state index contributed by atoms with van der Waals surface area (Å²) in [6.45, 7) is 1.90. The molecule has 2 aliphatic rings. The highest BCUT2D eigenvalue weighted by molar-refractivity contribution is 6.26. The van der Waals surface area contributed by atoms with Gasteiger partial charge < -0.3 is 28.7 Å². The molecule has 0 unspecified atom stereocenters. The first-order chi connectivity index (χ1) is 18.4. The Morgan fingerprint density at radius 1 is 1.05 bits per heavy atom. The van der Waals surface area contributed by atoms with Crippen LogP contribution in [0.5, 0.6) is 5.75 Å². The molecule has 0 aliphatic carbocycles. The van der Waals surface area contributed by atoms with E-state index in [9.17, 15) is 18.8 Å². The first-order valence-corrected chi connectivity index (χ1v) is 12.7. The zero-order chi connectivity index (χ0) is 26.8. The third-order valence-corrected chi connectivity index (χ3v) is 6.67. The van der Waals surface area contributed by atoms with Gasteiger partial charge >= 0.3 is 11.9 Å². The zero-order valence-corrected chi connectivity index (χ0v) is 21.2. The van der Waals surface area contributed by atoms with Gasteiger partial charge in [0.1, 0.15) is 29.7 Å². The lowest BCUT2D eigenvalue weighted by Crippen LogP contribution is -2.37. The number of H-pyrrole nitrogens is 1. The molecule has 2 saturated heterocycles. The summed E-state index contributed by atoms with van der Waals surface area (Å²) in [6.07, 6.45) is -1.99. The van der Waals surface area contributed by atoms with Crippen molar-refractivity contribution in [3.8, 4) is 5.75 Å². The average molecular weight is 546 g/mol. The molecule has 1 N–H and O–H groups in total. The quantitative estimate of drug-likeness (QED) is 0.339. The van der Waals surface area contributed by atoms with Gasteiger partial charge in [-0.15, -0.1) is 11.6 Å². The van der Waals surface area contributed by atoms with E-state index in [2.05, 4.69) is 4.98 Å². The van der Waals surface area contributed by atoms with E-state index in [0.29, 0.717) is 17.3 Å². The fourth-order valence-electron chi connectivity index (χ4n) is 4.76.